The Morgan fingerprint density at radius 2 is 2.10 bits per heavy atom. The van der Waals surface area contributed by atoms with Crippen molar-refractivity contribution < 1.29 is 9.90 Å². The molecule has 1 atom stereocenters. The van der Waals surface area contributed by atoms with Gasteiger partial charge in [0.2, 0.25) is 0 Å². The molecule has 1 aromatic heterocycles. The van der Waals surface area contributed by atoms with Gasteiger partial charge in [-0.15, -0.1) is 0 Å². The van der Waals surface area contributed by atoms with Crippen LogP contribution < -0.4 is 9.80 Å². The summed E-state index contributed by atoms with van der Waals surface area (Å²) < 4.78 is 0.810. The third kappa shape index (κ3) is 2.73. The first-order valence-electron chi connectivity index (χ1n) is 7.47. The summed E-state index contributed by atoms with van der Waals surface area (Å²) in [6.07, 6.45) is 6.79. The third-order valence-corrected chi connectivity index (χ3v) is 5.06. The summed E-state index contributed by atoms with van der Waals surface area (Å²) >= 11 is 3.40. The lowest BCUT2D eigenvalue weighted by Gasteiger charge is -2.44. The van der Waals surface area contributed by atoms with Crippen molar-refractivity contribution in [2.24, 2.45) is 5.92 Å². The van der Waals surface area contributed by atoms with Crippen LogP contribution in [0.4, 0.5) is 16.3 Å². The standard InChI is InChI=1S/C15H20BrN3O2/c1-18-9-13(10-5-3-2-4-6-10)19(15(20)21)12-7-11(16)8-17-14(12)18/h7-8,10,13H,2-6,9H2,1H3,(H,20,21). The Morgan fingerprint density at radius 1 is 1.38 bits per heavy atom. The van der Waals surface area contributed by atoms with E-state index in [2.05, 4.69) is 25.8 Å². The summed E-state index contributed by atoms with van der Waals surface area (Å²) in [6, 6.07) is 1.89. The van der Waals surface area contributed by atoms with Gasteiger partial charge in [0.15, 0.2) is 5.82 Å². The number of fused-ring (bicyclic) bond motifs is 1. The monoisotopic (exact) mass is 353 g/mol. The Labute approximate surface area is 133 Å². The Kier molecular flexibility index (Phi) is 4.06. The zero-order chi connectivity index (χ0) is 15.0. The number of amides is 1. The largest absolute Gasteiger partial charge is 0.465 e. The Balaban J connectivity index is 2.00. The molecule has 2 heterocycles. The molecule has 21 heavy (non-hydrogen) atoms. The molecule has 6 heteroatoms. The minimum Gasteiger partial charge on any atom is -0.465 e. The van der Waals surface area contributed by atoms with Crippen LogP contribution in [0.1, 0.15) is 32.1 Å². The lowest BCUT2D eigenvalue weighted by atomic mass is 9.82. The topological polar surface area (TPSA) is 56.7 Å². The van der Waals surface area contributed by atoms with E-state index >= 15 is 0 Å². The SMILES string of the molecule is CN1CC(C2CCCCC2)N(C(=O)O)c2cc(Br)cnc21. The third-order valence-electron chi connectivity index (χ3n) is 4.63. The second-order valence-electron chi connectivity index (χ2n) is 5.99. The average molecular weight is 354 g/mol. The normalized spacial score (nSPS) is 23.0. The molecule has 0 spiro atoms. The van der Waals surface area contributed by atoms with E-state index in [9.17, 15) is 9.90 Å². The maximum atomic E-state index is 11.9. The number of anilines is 2. The highest BCUT2D eigenvalue weighted by atomic mass is 79.9. The van der Waals surface area contributed by atoms with E-state index in [-0.39, 0.29) is 6.04 Å². The van der Waals surface area contributed by atoms with Gasteiger partial charge in [0.05, 0.1) is 11.7 Å². The predicted octanol–water partition coefficient (Wildman–Crippen LogP) is 3.73. The fourth-order valence-corrected chi connectivity index (χ4v) is 3.96. The molecule has 0 radical (unpaired) electrons. The van der Waals surface area contributed by atoms with E-state index in [4.69, 9.17) is 0 Å². The van der Waals surface area contributed by atoms with E-state index in [0.29, 0.717) is 11.6 Å². The number of rotatable bonds is 1. The fourth-order valence-electron chi connectivity index (χ4n) is 3.64. The minimum absolute atomic E-state index is 0.0244. The number of carboxylic acid groups (broad SMARTS) is 1. The van der Waals surface area contributed by atoms with Crippen molar-refractivity contribution in [3.63, 3.8) is 0 Å². The highest BCUT2D eigenvalue weighted by Crippen LogP contribution is 2.40. The zero-order valence-corrected chi connectivity index (χ0v) is 13.7. The van der Waals surface area contributed by atoms with Gasteiger partial charge in [0, 0.05) is 24.3 Å². The average Bonchev–Trinajstić information content (AvgIpc) is 2.47. The first-order valence-corrected chi connectivity index (χ1v) is 8.26. The highest BCUT2D eigenvalue weighted by molar-refractivity contribution is 9.10. The van der Waals surface area contributed by atoms with Crippen LogP contribution in [-0.4, -0.2) is 35.8 Å². The second-order valence-corrected chi connectivity index (χ2v) is 6.91. The van der Waals surface area contributed by atoms with Crippen LogP contribution in [-0.2, 0) is 0 Å². The van der Waals surface area contributed by atoms with E-state index in [1.807, 2.05) is 13.1 Å². The molecule has 1 aromatic rings. The molecule has 3 rings (SSSR count). The summed E-state index contributed by atoms with van der Waals surface area (Å²) in [4.78, 5) is 19.9. The van der Waals surface area contributed by atoms with Gasteiger partial charge in [-0.1, -0.05) is 19.3 Å². The van der Waals surface area contributed by atoms with Gasteiger partial charge in [0.1, 0.15) is 0 Å². The molecule has 1 aliphatic carbocycles. The van der Waals surface area contributed by atoms with Crippen LogP contribution >= 0.6 is 15.9 Å². The van der Waals surface area contributed by atoms with Crippen molar-refractivity contribution in [3.05, 3.63) is 16.7 Å². The summed E-state index contributed by atoms with van der Waals surface area (Å²) in [6.45, 7) is 0.721. The summed E-state index contributed by atoms with van der Waals surface area (Å²) in [5, 5.41) is 9.73. The van der Waals surface area contributed by atoms with Gasteiger partial charge < -0.3 is 10.0 Å². The van der Waals surface area contributed by atoms with Crippen LogP contribution in [0.2, 0.25) is 0 Å². The van der Waals surface area contributed by atoms with Crippen LogP contribution in [0.15, 0.2) is 16.7 Å². The Bertz CT molecular complexity index is 546. The molecule has 1 aliphatic heterocycles. The van der Waals surface area contributed by atoms with Crippen molar-refractivity contribution >= 4 is 33.5 Å². The van der Waals surface area contributed by atoms with Crippen LogP contribution in [0.5, 0.6) is 0 Å². The molecule has 1 unspecified atom stereocenters. The number of carbonyl (C=O) groups is 1. The highest BCUT2D eigenvalue weighted by Gasteiger charge is 2.39. The first-order chi connectivity index (χ1) is 10.1. The summed E-state index contributed by atoms with van der Waals surface area (Å²) in [5.74, 6) is 1.19. The van der Waals surface area contributed by atoms with Gasteiger partial charge in [-0.3, -0.25) is 4.90 Å². The minimum atomic E-state index is -0.875. The molecule has 114 valence electrons. The van der Waals surface area contributed by atoms with Crippen LogP contribution in [0.3, 0.4) is 0 Å². The maximum Gasteiger partial charge on any atom is 0.412 e. The van der Waals surface area contributed by atoms with Gasteiger partial charge in [-0.05, 0) is 40.8 Å². The summed E-state index contributed by atoms with van der Waals surface area (Å²) in [5.41, 5.74) is 0.696. The molecule has 0 aromatic carbocycles. The number of hydrogen-bond acceptors (Lipinski definition) is 3. The van der Waals surface area contributed by atoms with E-state index < -0.39 is 6.09 Å². The van der Waals surface area contributed by atoms with E-state index in [0.717, 1.165) is 29.7 Å². The Hall–Kier alpha value is -1.30. The van der Waals surface area contributed by atoms with Crippen LogP contribution in [0.25, 0.3) is 0 Å². The molecule has 1 saturated carbocycles. The molecular formula is C15H20BrN3O2. The number of aromatic nitrogens is 1. The molecule has 0 saturated heterocycles. The van der Waals surface area contributed by atoms with Crippen molar-refractivity contribution in [2.45, 2.75) is 38.1 Å². The van der Waals surface area contributed by atoms with E-state index in [1.54, 1.807) is 11.1 Å². The van der Waals surface area contributed by atoms with Gasteiger partial charge in [0.25, 0.3) is 0 Å². The number of nitrogens with zero attached hydrogens (tertiary/aromatic N) is 3. The lowest BCUT2D eigenvalue weighted by Crippen LogP contribution is -2.54. The maximum absolute atomic E-state index is 11.9. The lowest BCUT2D eigenvalue weighted by molar-refractivity contribution is 0.191. The first kappa shape index (κ1) is 14.6. The van der Waals surface area contributed by atoms with E-state index in [1.165, 1.54) is 19.3 Å². The van der Waals surface area contributed by atoms with Gasteiger partial charge in [-0.25, -0.2) is 9.78 Å². The molecule has 5 nitrogen and oxygen atoms in total. The van der Waals surface area contributed by atoms with Crippen molar-refractivity contribution in [1.82, 2.24) is 4.98 Å². The van der Waals surface area contributed by atoms with Crippen molar-refractivity contribution in [2.75, 3.05) is 23.4 Å². The summed E-state index contributed by atoms with van der Waals surface area (Å²) in [7, 11) is 1.99. The molecular weight excluding hydrogens is 334 g/mol. The predicted molar refractivity (Wildman–Crippen MR) is 86.1 cm³/mol. The van der Waals surface area contributed by atoms with Crippen molar-refractivity contribution in [3.8, 4) is 0 Å². The molecule has 1 amide bonds. The fraction of sp³-hybridized carbons (Fsp3) is 0.600. The molecule has 0 bridgehead atoms. The number of halogens is 1. The van der Waals surface area contributed by atoms with Crippen LogP contribution in [0, 0.1) is 5.92 Å². The smallest absolute Gasteiger partial charge is 0.412 e. The van der Waals surface area contributed by atoms with Gasteiger partial charge in [-0.2, -0.15) is 0 Å². The molecule has 1 fully saturated rings. The van der Waals surface area contributed by atoms with Crippen molar-refractivity contribution in [1.29, 1.82) is 0 Å². The zero-order valence-electron chi connectivity index (χ0n) is 12.1. The number of hydrogen-bond donors (Lipinski definition) is 1. The Morgan fingerprint density at radius 3 is 2.76 bits per heavy atom. The molecule has 1 N–H and O–H groups in total. The van der Waals surface area contributed by atoms with Gasteiger partial charge >= 0.3 is 6.09 Å². The number of likely N-dealkylation sites (N-methyl/N-ethyl adjacent to an activating group) is 1. The molecule has 2 aliphatic rings. The quantitative estimate of drug-likeness (QED) is 0.835. The number of pyridine rings is 1. The second kappa shape index (κ2) is 5.83.